The summed E-state index contributed by atoms with van der Waals surface area (Å²) >= 11 is 0. The van der Waals surface area contributed by atoms with Gasteiger partial charge >= 0.3 is 0 Å². The topological polar surface area (TPSA) is 30.5 Å². The van der Waals surface area contributed by atoms with Gasteiger partial charge in [-0.05, 0) is 57.5 Å². The Bertz CT molecular complexity index is 158. The third-order valence-corrected chi connectivity index (χ3v) is 3.26. The zero-order valence-electron chi connectivity index (χ0n) is 11.4. The summed E-state index contributed by atoms with van der Waals surface area (Å²) in [5.41, 5.74) is 0. The summed E-state index contributed by atoms with van der Waals surface area (Å²) in [7, 11) is 0. The fourth-order valence-corrected chi connectivity index (χ4v) is 2.10. The van der Waals surface area contributed by atoms with Gasteiger partial charge < -0.3 is 14.8 Å². The van der Waals surface area contributed by atoms with Crippen LogP contribution >= 0.6 is 0 Å². The zero-order valence-corrected chi connectivity index (χ0v) is 11.4. The van der Waals surface area contributed by atoms with Gasteiger partial charge in [-0.3, -0.25) is 0 Å². The first-order chi connectivity index (χ1) is 8.43. The monoisotopic (exact) mass is 243 g/mol. The summed E-state index contributed by atoms with van der Waals surface area (Å²) in [6.45, 7) is 8.25. The van der Waals surface area contributed by atoms with Gasteiger partial charge in [0.2, 0.25) is 0 Å². The van der Waals surface area contributed by atoms with Crippen LogP contribution in [0.4, 0.5) is 0 Å². The van der Waals surface area contributed by atoms with Gasteiger partial charge in [0.25, 0.3) is 0 Å². The van der Waals surface area contributed by atoms with Gasteiger partial charge in [-0.15, -0.1) is 0 Å². The van der Waals surface area contributed by atoms with Crippen molar-refractivity contribution in [3.8, 4) is 0 Å². The third-order valence-electron chi connectivity index (χ3n) is 3.26. The molecule has 0 spiro atoms. The van der Waals surface area contributed by atoms with Gasteiger partial charge in [-0.2, -0.15) is 0 Å². The lowest BCUT2D eigenvalue weighted by Crippen LogP contribution is -2.20. The van der Waals surface area contributed by atoms with Crippen LogP contribution in [0, 0.1) is 5.92 Å². The quantitative estimate of drug-likeness (QED) is 0.598. The summed E-state index contributed by atoms with van der Waals surface area (Å²) in [6.07, 6.45) is 7.36. The molecule has 0 atom stereocenters. The van der Waals surface area contributed by atoms with E-state index >= 15 is 0 Å². The Morgan fingerprint density at radius 3 is 2.71 bits per heavy atom. The fraction of sp³-hybridized carbons (Fsp3) is 1.00. The van der Waals surface area contributed by atoms with E-state index in [0.717, 1.165) is 45.4 Å². The number of rotatable bonds is 10. The highest BCUT2D eigenvalue weighted by Crippen LogP contribution is 2.14. The van der Waals surface area contributed by atoms with Gasteiger partial charge in [-0.1, -0.05) is 6.92 Å². The zero-order chi connectivity index (χ0) is 12.2. The molecule has 1 heterocycles. The third kappa shape index (κ3) is 8.58. The molecule has 0 aliphatic carbocycles. The lowest BCUT2D eigenvalue weighted by Gasteiger charge is -2.21. The van der Waals surface area contributed by atoms with Crippen LogP contribution in [0.1, 0.15) is 45.4 Å². The molecular weight excluding hydrogens is 214 g/mol. The summed E-state index contributed by atoms with van der Waals surface area (Å²) in [4.78, 5) is 0. The van der Waals surface area contributed by atoms with Crippen molar-refractivity contribution in [1.82, 2.24) is 5.32 Å². The smallest absolute Gasteiger partial charge is 0.0495 e. The van der Waals surface area contributed by atoms with Gasteiger partial charge in [0.05, 0.1) is 0 Å². The Hall–Kier alpha value is -0.120. The Morgan fingerprint density at radius 1 is 1.12 bits per heavy atom. The molecule has 1 N–H and O–H groups in total. The van der Waals surface area contributed by atoms with E-state index in [4.69, 9.17) is 9.47 Å². The van der Waals surface area contributed by atoms with Crippen molar-refractivity contribution in [3.05, 3.63) is 0 Å². The highest BCUT2D eigenvalue weighted by molar-refractivity contribution is 4.62. The molecule has 102 valence electrons. The minimum Gasteiger partial charge on any atom is -0.381 e. The van der Waals surface area contributed by atoms with Crippen molar-refractivity contribution in [2.45, 2.75) is 45.4 Å². The summed E-state index contributed by atoms with van der Waals surface area (Å²) in [5, 5.41) is 3.42. The van der Waals surface area contributed by atoms with E-state index in [9.17, 15) is 0 Å². The lowest BCUT2D eigenvalue weighted by atomic mass is 10.0. The van der Waals surface area contributed by atoms with Crippen LogP contribution in [0.2, 0.25) is 0 Å². The first kappa shape index (κ1) is 14.9. The van der Waals surface area contributed by atoms with Crippen LogP contribution in [0.15, 0.2) is 0 Å². The molecule has 3 heteroatoms. The maximum absolute atomic E-state index is 5.72. The molecule has 3 nitrogen and oxygen atoms in total. The number of unbranched alkanes of at least 4 members (excludes halogenated alkanes) is 2. The first-order valence-corrected chi connectivity index (χ1v) is 7.29. The Morgan fingerprint density at radius 2 is 1.94 bits per heavy atom. The van der Waals surface area contributed by atoms with Gasteiger partial charge in [0.1, 0.15) is 0 Å². The highest BCUT2D eigenvalue weighted by Gasteiger charge is 2.13. The largest absolute Gasteiger partial charge is 0.381 e. The number of nitrogens with one attached hydrogen (secondary N) is 1. The number of hydrogen-bond donors (Lipinski definition) is 1. The number of ether oxygens (including phenoxy) is 2. The minimum absolute atomic E-state index is 0.745. The Kier molecular flexibility index (Phi) is 9.66. The first-order valence-electron chi connectivity index (χ1n) is 7.29. The van der Waals surface area contributed by atoms with Crippen LogP contribution in [-0.4, -0.2) is 39.5 Å². The molecule has 1 rings (SSSR count). The van der Waals surface area contributed by atoms with E-state index in [1.54, 1.807) is 0 Å². The second kappa shape index (κ2) is 11.0. The van der Waals surface area contributed by atoms with E-state index < -0.39 is 0 Å². The molecule has 0 amide bonds. The molecule has 0 saturated carbocycles. The average molecular weight is 243 g/mol. The Labute approximate surface area is 106 Å². The van der Waals surface area contributed by atoms with Crippen molar-refractivity contribution in [1.29, 1.82) is 0 Å². The van der Waals surface area contributed by atoms with Crippen LogP contribution in [0.5, 0.6) is 0 Å². The molecule has 0 aromatic heterocycles. The second-order valence-electron chi connectivity index (χ2n) is 4.94. The molecule has 0 radical (unpaired) electrons. The normalized spacial score (nSPS) is 17.5. The van der Waals surface area contributed by atoms with E-state index in [2.05, 4.69) is 12.2 Å². The molecule has 1 fully saturated rings. The van der Waals surface area contributed by atoms with Crippen molar-refractivity contribution >= 4 is 0 Å². The molecule has 17 heavy (non-hydrogen) atoms. The molecule has 0 bridgehead atoms. The van der Waals surface area contributed by atoms with Crippen molar-refractivity contribution in [2.75, 3.05) is 39.5 Å². The van der Waals surface area contributed by atoms with Crippen molar-refractivity contribution < 1.29 is 9.47 Å². The van der Waals surface area contributed by atoms with E-state index in [1.165, 1.54) is 38.5 Å². The highest BCUT2D eigenvalue weighted by atomic mass is 16.5. The van der Waals surface area contributed by atoms with Gasteiger partial charge in [0, 0.05) is 26.4 Å². The molecule has 1 aliphatic heterocycles. The predicted molar refractivity (Wildman–Crippen MR) is 71.4 cm³/mol. The number of hydrogen-bond acceptors (Lipinski definition) is 3. The molecule has 0 unspecified atom stereocenters. The Balaban J connectivity index is 1.75. The maximum atomic E-state index is 5.72. The van der Waals surface area contributed by atoms with Crippen molar-refractivity contribution in [3.63, 3.8) is 0 Å². The lowest BCUT2D eigenvalue weighted by molar-refractivity contribution is 0.0198. The van der Waals surface area contributed by atoms with Crippen LogP contribution in [-0.2, 0) is 9.47 Å². The molecule has 1 aliphatic rings. The average Bonchev–Trinajstić information content (AvgIpc) is 2.38. The van der Waals surface area contributed by atoms with Gasteiger partial charge in [0.15, 0.2) is 0 Å². The summed E-state index contributed by atoms with van der Waals surface area (Å²) < 4.78 is 11.1. The van der Waals surface area contributed by atoms with Crippen molar-refractivity contribution in [2.24, 2.45) is 5.92 Å². The maximum Gasteiger partial charge on any atom is 0.0495 e. The fourth-order valence-electron chi connectivity index (χ4n) is 2.10. The minimum atomic E-state index is 0.745. The molecule has 0 aromatic carbocycles. The second-order valence-corrected chi connectivity index (χ2v) is 4.94. The molecular formula is C14H29NO2. The summed E-state index contributed by atoms with van der Waals surface area (Å²) in [5.74, 6) is 0.745. The van der Waals surface area contributed by atoms with E-state index in [0.29, 0.717) is 0 Å². The van der Waals surface area contributed by atoms with E-state index in [-0.39, 0.29) is 0 Å². The van der Waals surface area contributed by atoms with Gasteiger partial charge in [-0.25, -0.2) is 0 Å². The molecule has 0 aromatic rings. The molecule has 1 saturated heterocycles. The van der Waals surface area contributed by atoms with E-state index in [1.807, 2.05) is 0 Å². The van der Waals surface area contributed by atoms with Crippen LogP contribution in [0.3, 0.4) is 0 Å². The van der Waals surface area contributed by atoms with Crippen LogP contribution in [0.25, 0.3) is 0 Å². The predicted octanol–water partition coefficient (Wildman–Crippen LogP) is 2.60. The standard InChI is InChI=1S/C14H29NO2/c1-2-8-15-9-4-3-5-10-17-13-14-6-11-16-12-7-14/h14-15H,2-13H2,1H3. The SMILES string of the molecule is CCCNCCCCCOCC1CCOCC1. The van der Waals surface area contributed by atoms with Crippen LogP contribution < -0.4 is 5.32 Å². The summed E-state index contributed by atoms with van der Waals surface area (Å²) in [6, 6.07) is 0.